The summed E-state index contributed by atoms with van der Waals surface area (Å²) in [6, 6.07) is 15.8. The van der Waals surface area contributed by atoms with E-state index < -0.39 is 5.51 Å². The van der Waals surface area contributed by atoms with Crippen LogP contribution in [-0.2, 0) is 0 Å². The topological polar surface area (TPSA) is 37.3 Å². The predicted molar refractivity (Wildman–Crippen MR) is 97.1 cm³/mol. The lowest BCUT2D eigenvalue weighted by molar-refractivity contribution is -0.0328. The Labute approximate surface area is 150 Å². The first-order valence-electron chi connectivity index (χ1n) is 7.15. The van der Waals surface area contributed by atoms with Crippen molar-refractivity contribution in [2.75, 3.05) is 5.43 Å². The standard InChI is InChI=1S/C17H12F3N3S2/c18-17(19,20)25-14-8-6-12(7-9-14)10-21-23-16-22-15(11-24-16)13-4-2-1-3-5-13/h1-11H,(H,22,23). The first kappa shape index (κ1) is 17.5. The molecule has 3 nitrogen and oxygen atoms in total. The highest BCUT2D eigenvalue weighted by Crippen LogP contribution is 2.36. The van der Waals surface area contributed by atoms with Gasteiger partial charge in [0, 0.05) is 15.8 Å². The molecular formula is C17H12F3N3S2. The van der Waals surface area contributed by atoms with Crippen LogP contribution in [0.15, 0.2) is 70.0 Å². The van der Waals surface area contributed by atoms with Gasteiger partial charge >= 0.3 is 5.51 Å². The average Bonchev–Trinajstić information content (AvgIpc) is 3.05. The SMILES string of the molecule is FC(F)(F)Sc1ccc(C=NNc2nc(-c3ccccc3)cs2)cc1. The number of thioether (sulfide) groups is 1. The van der Waals surface area contributed by atoms with Gasteiger partial charge in [0.15, 0.2) is 0 Å². The number of aromatic nitrogens is 1. The van der Waals surface area contributed by atoms with Gasteiger partial charge in [0.1, 0.15) is 0 Å². The van der Waals surface area contributed by atoms with E-state index in [4.69, 9.17) is 0 Å². The summed E-state index contributed by atoms with van der Waals surface area (Å²) in [6.45, 7) is 0. The number of rotatable bonds is 5. The van der Waals surface area contributed by atoms with Crippen molar-refractivity contribution in [2.45, 2.75) is 10.4 Å². The van der Waals surface area contributed by atoms with Crippen molar-refractivity contribution in [1.82, 2.24) is 4.98 Å². The highest BCUT2D eigenvalue weighted by Gasteiger charge is 2.28. The Hall–Kier alpha value is -2.32. The summed E-state index contributed by atoms with van der Waals surface area (Å²) >= 11 is 1.29. The second kappa shape index (κ2) is 7.71. The van der Waals surface area contributed by atoms with Gasteiger partial charge in [-0.15, -0.1) is 11.3 Å². The second-order valence-electron chi connectivity index (χ2n) is 4.89. The molecule has 3 aromatic rings. The fourth-order valence-electron chi connectivity index (χ4n) is 1.98. The first-order chi connectivity index (χ1) is 12.0. The van der Waals surface area contributed by atoms with Crippen LogP contribution in [-0.4, -0.2) is 16.7 Å². The lowest BCUT2D eigenvalue weighted by Gasteiger charge is -2.05. The molecule has 0 fully saturated rings. The fourth-order valence-corrected chi connectivity index (χ4v) is 3.19. The third-order valence-corrected chi connectivity index (χ3v) is 4.55. The molecule has 0 atom stereocenters. The molecule has 25 heavy (non-hydrogen) atoms. The van der Waals surface area contributed by atoms with Crippen molar-refractivity contribution in [3.05, 3.63) is 65.5 Å². The minimum absolute atomic E-state index is 0.138. The van der Waals surface area contributed by atoms with Crippen molar-refractivity contribution >= 4 is 34.4 Å². The Balaban J connectivity index is 1.59. The maximum Gasteiger partial charge on any atom is 0.446 e. The average molecular weight is 379 g/mol. The summed E-state index contributed by atoms with van der Waals surface area (Å²) in [5.74, 6) is 0. The fraction of sp³-hybridized carbons (Fsp3) is 0.0588. The summed E-state index contributed by atoms with van der Waals surface area (Å²) in [6.07, 6.45) is 1.53. The normalized spacial score (nSPS) is 11.8. The molecule has 1 N–H and O–H groups in total. The Kier molecular flexibility index (Phi) is 5.40. The lowest BCUT2D eigenvalue weighted by atomic mass is 10.2. The minimum Gasteiger partial charge on any atom is -0.253 e. The van der Waals surface area contributed by atoms with E-state index in [1.807, 2.05) is 35.7 Å². The number of nitrogens with zero attached hydrogens (tertiary/aromatic N) is 2. The number of nitrogens with one attached hydrogen (secondary N) is 1. The van der Waals surface area contributed by atoms with E-state index >= 15 is 0 Å². The number of thiazole rings is 1. The van der Waals surface area contributed by atoms with Crippen LogP contribution in [0.5, 0.6) is 0 Å². The largest absolute Gasteiger partial charge is 0.446 e. The van der Waals surface area contributed by atoms with E-state index in [-0.39, 0.29) is 16.7 Å². The summed E-state index contributed by atoms with van der Waals surface area (Å²) in [5.41, 5.74) is 1.12. The van der Waals surface area contributed by atoms with Crippen LogP contribution in [0.1, 0.15) is 5.56 Å². The maximum absolute atomic E-state index is 12.3. The Bertz CT molecular complexity index is 844. The Morgan fingerprint density at radius 3 is 2.44 bits per heavy atom. The van der Waals surface area contributed by atoms with Crippen molar-refractivity contribution in [3.63, 3.8) is 0 Å². The zero-order valence-electron chi connectivity index (χ0n) is 12.7. The molecule has 1 aromatic heterocycles. The molecule has 0 spiro atoms. The number of hydrazone groups is 1. The van der Waals surface area contributed by atoms with Gasteiger partial charge in [-0.2, -0.15) is 18.3 Å². The molecule has 0 saturated heterocycles. The van der Waals surface area contributed by atoms with Gasteiger partial charge in [-0.1, -0.05) is 42.5 Å². The van der Waals surface area contributed by atoms with Gasteiger partial charge in [-0.3, -0.25) is 5.43 Å². The molecule has 0 amide bonds. The number of benzene rings is 2. The maximum atomic E-state index is 12.3. The van der Waals surface area contributed by atoms with Crippen LogP contribution in [0.3, 0.4) is 0 Å². The molecule has 0 saturated carbocycles. The second-order valence-corrected chi connectivity index (χ2v) is 6.89. The van der Waals surface area contributed by atoms with Gasteiger partial charge in [0.25, 0.3) is 0 Å². The molecule has 0 radical (unpaired) electrons. The lowest BCUT2D eigenvalue weighted by Crippen LogP contribution is -1.98. The van der Waals surface area contributed by atoms with E-state index in [0.717, 1.165) is 11.3 Å². The summed E-state index contributed by atoms with van der Waals surface area (Å²) in [7, 11) is 0. The van der Waals surface area contributed by atoms with Crippen LogP contribution in [0, 0.1) is 0 Å². The van der Waals surface area contributed by atoms with E-state index in [0.29, 0.717) is 10.7 Å². The highest BCUT2D eigenvalue weighted by molar-refractivity contribution is 8.00. The Morgan fingerprint density at radius 1 is 1.04 bits per heavy atom. The van der Waals surface area contributed by atoms with Gasteiger partial charge in [0.2, 0.25) is 5.13 Å². The van der Waals surface area contributed by atoms with Gasteiger partial charge in [-0.25, -0.2) is 4.98 Å². The number of alkyl halides is 3. The minimum atomic E-state index is -4.28. The van der Waals surface area contributed by atoms with Crippen LogP contribution in [0.4, 0.5) is 18.3 Å². The summed E-state index contributed by atoms with van der Waals surface area (Å²) in [4.78, 5) is 4.57. The van der Waals surface area contributed by atoms with Crippen molar-refractivity contribution in [1.29, 1.82) is 0 Å². The third kappa shape index (κ3) is 5.33. The number of hydrogen-bond acceptors (Lipinski definition) is 5. The predicted octanol–water partition coefficient (Wildman–Crippen LogP) is 5.87. The molecule has 1 heterocycles. The van der Waals surface area contributed by atoms with Crippen LogP contribution in [0.2, 0.25) is 0 Å². The summed E-state index contributed by atoms with van der Waals surface area (Å²) in [5, 5.41) is 6.63. The molecule has 2 aromatic carbocycles. The van der Waals surface area contributed by atoms with Crippen LogP contribution < -0.4 is 5.43 Å². The molecule has 0 unspecified atom stereocenters. The zero-order valence-corrected chi connectivity index (χ0v) is 14.3. The van der Waals surface area contributed by atoms with Crippen LogP contribution >= 0.6 is 23.1 Å². The molecular weight excluding hydrogens is 367 g/mol. The van der Waals surface area contributed by atoms with E-state index in [1.165, 1.54) is 29.7 Å². The Morgan fingerprint density at radius 2 is 1.76 bits per heavy atom. The first-order valence-corrected chi connectivity index (χ1v) is 8.85. The monoisotopic (exact) mass is 379 g/mol. The van der Waals surface area contributed by atoms with E-state index in [1.54, 1.807) is 12.1 Å². The summed E-state index contributed by atoms with van der Waals surface area (Å²) < 4.78 is 36.8. The number of anilines is 1. The smallest absolute Gasteiger partial charge is 0.253 e. The third-order valence-electron chi connectivity index (χ3n) is 3.06. The molecule has 3 rings (SSSR count). The van der Waals surface area contributed by atoms with Gasteiger partial charge in [-0.05, 0) is 29.5 Å². The molecule has 0 aliphatic rings. The molecule has 8 heteroatoms. The number of halogens is 3. The molecule has 0 aliphatic heterocycles. The van der Waals surface area contributed by atoms with E-state index in [9.17, 15) is 13.2 Å². The number of hydrogen-bond donors (Lipinski definition) is 1. The quantitative estimate of drug-likeness (QED) is 0.342. The zero-order chi connectivity index (χ0) is 17.7. The van der Waals surface area contributed by atoms with Crippen molar-refractivity contribution in [2.24, 2.45) is 5.10 Å². The van der Waals surface area contributed by atoms with Crippen LogP contribution in [0.25, 0.3) is 11.3 Å². The van der Waals surface area contributed by atoms with Crippen molar-refractivity contribution in [3.8, 4) is 11.3 Å². The molecule has 0 bridgehead atoms. The van der Waals surface area contributed by atoms with Gasteiger partial charge < -0.3 is 0 Å². The van der Waals surface area contributed by atoms with E-state index in [2.05, 4.69) is 15.5 Å². The molecule has 0 aliphatic carbocycles. The van der Waals surface area contributed by atoms with Gasteiger partial charge in [0.05, 0.1) is 11.9 Å². The molecule has 128 valence electrons. The van der Waals surface area contributed by atoms with Crippen molar-refractivity contribution < 1.29 is 13.2 Å². The highest BCUT2D eigenvalue weighted by atomic mass is 32.2.